The Morgan fingerprint density at radius 2 is 1.12 bits per heavy atom. The fourth-order valence-electron chi connectivity index (χ4n) is 3.88. The van der Waals surface area contributed by atoms with Gasteiger partial charge in [0.25, 0.3) is 11.5 Å². The third-order valence-electron chi connectivity index (χ3n) is 5.00. The van der Waals surface area contributed by atoms with Gasteiger partial charge >= 0.3 is 0 Å². The van der Waals surface area contributed by atoms with Gasteiger partial charge in [-0.1, -0.05) is 12.1 Å². The van der Waals surface area contributed by atoms with E-state index in [1.807, 2.05) is 37.7 Å². The van der Waals surface area contributed by atoms with Gasteiger partial charge in [-0.25, -0.2) is 0 Å². The average Bonchev–Trinajstić information content (AvgIpc) is 2.64. The van der Waals surface area contributed by atoms with Crippen LogP contribution in [0.1, 0.15) is 32.8 Å². The van der Waals surface area contributed by atoms with Crippen molar-refractivity contribution in [2.45, 2.75) is 10.5 Å². The molecule has 2 aliphatic rings. The van der Waals surface area contributed by atoms with E-state index >= 15 is 0 Å². The fraction of sp³-hybridized carbons (Fsp3) is 0.300. The third kappa shape index (κ3) is 2.12. The summed E-state index contributed by atoms with van der Waals surface area (Å²) < 4.78 is 9.11. The number of hydrogen-bond donors (Lipinski definition) is 0. The lowest BCUT2D eigenvalue weighted by atomic mass is 9.83. The largest absolute Gasteiger partial charge is 0.584 e. The molecule has 4 heteroatoms. The van der Waals surface area contributed by atoms with Gasteiger partial charge in [0, 0.05) is 22.9 Å². The van der Waals surface area contributed by atoms with Crippen molar-refractivity contribution in [2.24, 2.45) is 0 Å². The maximum atomic E-state index is 4.56. The molecular formula is C20H22O2S2+2. The van der Waals surface area contributed by atoms with Gasteiger partial charge in [0.2, 0.25) is 0 Å². The van der Waals surface area contributed by atoms with Crippen LogP contribution in [0.4, 0.5) is 0 Å². The summed E-state index contributed by atoms with van der Waals surface area (Å²) in [4.78, 5) is 0. The molecule has 2 aromatic carbocycles. The second-order valence-electron chi connectivity index (χ2n) is 6.02. The molecule has 0 saturated heterocycles. The van der Waals surface area contributed by atoms with Crippen LogP contribution < -0.4 is 0 Å². The summed E-state index contributed by atoms with van der Waals surface area (Å²) >= 11 is 3.74. The van der Waals surface area contributed by atoms with Gasteiger partial charge < -0.3 is 9.47 Å². The molecule has 4 rings (SSSR count). The Balaban J connectivity index is 2.12. The van der Waals surface area contributed by atoms with Crippen molar-refractivity contribution in [2.75, 3.05) is 26.7 Å². The van der Waals surface area contributed by atoms with E-state index in [1.165, 1.54) is 33.0 Å². The summed E-state index contributed by atoms with van der Waals surface area (Å²) in [5.41, 5.74) is 5.33. The van der Waals surface area contributed by atoms with Crippen LogP contribution >= 0.6 is 23.5 Å². The molecule has 2 N–H and O–H groups in total. The Morgan fingerprint density at radius 1 is 0.708 bits per heavy atom. The van der Waals surface area contributed by atoms with Crippen LogP contribution in [0.3, 0.4) is 0 Å². The minimum absolute atomic E-state index is 0.362. The van der Waals surface area contributed by atoms with E-state index in [1.54, 1.807) is 0 Å². The number of ether oxygens (including phenoxy) is 2. The SMILES string of the molecule is C[OH+]C1=CC(SC)c2ccc3c4c(ccc1c24)C(SC)C=C3[OH+]C. The lowest BCUT2D eigenvalue weighted by Crippen LogP contribution is -2.11. The van der Waals surface area contributed by atoms with E-state index in [4.69, 9.17) is 0 Å². The summed E-state index contributed by atoms with van der Waals surface area (Å²) in [7, 11) is 3.78. The van der Waals surface area contributed by atoms with Gasteiger partial charge in [0.05, 0.1) is 21.6 Å². The molecule has 24 heavy (non-hydrogen) atoms. The summed E-state index contributed by atoms with van der Waals surface area (Å²) in [6, 6.07) is 9.08. The molecule has 0 fully saturated rings. The smallest absolute Gasteiger partial charge is 0.259 e. The number of rotatable bonds is 4. The highest BCUT2D eigenvalue weighted by molar-refractivity contribution is 7.99. The topological polar surface area (TPSA) is 25.6 Å². The standard InChI is InChI=1S/C20H20O2S2/c1-21-15-9-17(23-3)13-8-6-12-16(22-2)10-18(24-4)14-7-5-11(15)19(13)20(12)14/h5-10,17-18H,1-4H3/p+2. The molecule has 2 aliphatic carbocycles. The predicted octanol–water partition coefficient (Wildman–Crippen LogP) is 4.67. The van der Waals surface area contributed by atoms with Crippen LogP contribution in [-0.2, 0) is 0 Å². The van der Waals surface area contributed by atoms with Crippen molar-refractivity contribution >= 4 is 45.8 Å². The van der Waals surface area contributed by atoms with Crippen molar-refractivity contribution in [3.63, 3.8) is 0 Å². The zero-order chi connectivity index (χ0) is 16.8. The summed E-state index contributed by atoms with van der Waals surface area (Å²) in [5.74, 6) is 2.21. The first kappa shape index (κ1) is 16.0. The Morgan fingerprint density at radius 3 is 1.46 bits per heavy atom. The molecule has 0 aromatic heterocycles. The van der Waals surface area contributed by atoms with Gasteiger partial charge in [0.15, 0.2) is 14.2 Å². The van der Waals surface area contributed by atoms with Crippen LogP contribution in [0, 0.1) is 0 Å². The van der Waals surface area contributed by atoms with Gasteiger partial charge in [-0.05, 0) is 35.8 Å². The summed E-state index contributed by atoms with van der Waals surface area (Å²) in [6.45, 7) is 0. The monoisotopic (exact) mass is 358 g/mol. The van der Waals surface area contributed by atoms with Crippen LogP contribution in [-0.4, -0.2) is 36.2 Å². The van der Waals surface area contributed by atoms with Gasteiger partial charge in [-0.3, -0.25) is 0 Å². The molecule has 0 aliphatic heterocycles. The van der Waals surface area contributed by atoms with Gasteiger partial charge in [-0.2, -0.15) is 23.5 Å². The Bertz CT molecular complexity index is 810. The number of benzene rings is 2. The van der Waals surface area contributed by atoms with E-state index in [2.05, 4.69) is 58.4 Å². The molecule has 0 saturated carbocycles. The molecule has 124 valence electrons. The van der Waals surface area contributed by atoms with E-state index in [0.717, 1.165) is 11.5 Å². The van der Waals surface area contributed by atoms with Crippen molar-refractivity contribution in [1.29, 1.82) is 0 Å². The minimum Gasteiger partial charge on any atom is -0.584 e. The number of hydrogen-bond acceptors (Lipinski definition) is 2. The first-order valence-electron chi connectivity index (χ1n) is 8.02. The quantitative estimate of drug-likeness (QED) is 0.742. The second kappa shape index (κ2) is 6.08. The lowest BCUT2D eigenvalue weighted by Gasteiger charge is -2.27. The Kier molecular flexibility index (Phi) is 4.05. The van der Waals surface area contributed by atoms with Crippen LogP contribution in [0.2, 0.25) is 0 Å². The highest BCUT2D eigenvalue weighted by atomic mass is 32.2. The molecule has 0 radical (unpaired) electrons. The van der Waals surface area contributed by atoms with Crippen LogP contribution in [0.25, 0.3) is 22.3 Å². The van der Waals surface area contributed by atoms with Gasteiger partial charge in [0.1, 0.15) is 0 Å². The molecular weight excluding hydrogens is 336 g/mol. The van der Waals surface area contributed by atoms with Gasteiger partial charge in [-0.15, -0.1) is 0 Å². The Hall–Kier alpha value is -1.52. The molecule has 0 spiro atoms. The third-order valence-corrected chi connectivity index (χ3v) is 6.79. The molecule has 2 unspecified atom stereocenters. The highest BCUT2D eigenvalue weighted by Crippen LogP contribution is 2.49. The molecule has 2 aromatic rings. The molecule has 0 bridgehead atoms. The maximum Gasteiger partial charge on any atom is 0.259 e. The maximum absolute atomic E-state index is 4.56. The summed E-state index contributed by atoms with van der Waals surface area (Å²) in [5, 5.41) is 3.48. The molecule has 2 atom stereocenters. The second-order valence-corrected chi connectivity index (χ2v) is 7.98. The number of aliphatic hydroxyl groups is 4. The molecule has 0 heterocycles. The zero-order valence-corrected chi connectivity index (χ0v) is 16.0. The van der Waals surface area contributed by atoms with E-state index in [9.17, 15) is 0 Å². The van der Waals surface area contributed by atoms with Crippen LogP contribution in [0.15, 0.2) is 36.4 Å². The normalized spacial score (nSPS) is 21.3. The van der Waals surface area contributed by atoms with E-state index < -0.39 is 0 Å². The van der Waals surface area contributed by atoms with E-state index in [-0.39, 0.29) is 0 Å². The van der Waals surface area contributed by atoms with E-state index in [0.29, 0.717) is 10.5 Å². The lowest BCUT2D eigenvalue weighted by molar-refractivity contribution is 0.161. The zero-order valence-electron chi connectivity index (χ0n) is 14.3. The average molecular weight is 359 g/mol. The number of thioether (sulfide) groups is 2. The predicted molar refractivity (Wildman–Crippen MR) is 109 cm³/mol. The van der Waals surface area contributed by atoms with Crippen molar-refractivity contribution in [3.05, 3.63) is 58.7 Å². The fourth-order valence-corrected chi connectivity index (χ4v) is 5.31. The van der Waals surface area contributed by atoms with Crippen molar-refractivity contribution in [1.82, 2.24) is 0 Å². The highest BCUT2D eigenvalue weighted by Gasteiger charge is 2.32. The summed E-state index contributed by atoms with van der Waals surface area (Å²) in [6.07, 6.45) is 8.93. The van der Waals surface area contributed by atoms with Crippen molar-refractivity contribution in [3.8, 4) is 0 Å². The minimum atomic E-state index is 0.362. The van der Waals surface area contributed by atoms with Crippen LogP contribution in [0.5, 0.6) is 0 Å². The first-order valence-corrected chi connectivity index (χ1v) is 10.6. The first-order chi connectivity index (χ1) is 11.7. The Labute approximate surface area is 151 Å². The molecule has 0 amide bonds. The van der Waals surface area contributed by atoms with Crippen molar-refractivity contribution < 1.29 is 9.47 Å². The molecule has 2 nitrogen and oxygen atoms in total.